The Morgan fingerprint density at radius 2 is 1.84 bits per heavy atom. The molecule has 0 atom stereocenters. The van der Waals surface area contributed by atoms with E-state index in [-0.39, 0.29) is 13.2 Å². The summed E-state index contributed by atoms with van der Waals surface area (Å²) in [6, 6.07) is 4.50. The van der Waals surface area contributed by atoms with Gasteiger partial charge in [-0.2, -0.15) is 0 Å². The van der Waals surface area contributed by atoms with Crippen LogP contribution in [0.15, 0.2) is 18.2 Å². The summed E-state index contributed by atoms with van der Waals surface area (Å²) >= 11 is 0. The van der Waals surface area contributed by atoms with Crippen LogP contribution in [0, 0.1) is 0 Å². The quantitative estimate of drug-likeness (QED) is 0.271. The maximum absolute atomic E-state index is 12.1. The van der Waals surface area contributed by atoms with Crippen molar-refractivity contribution in [3.63, 3.8) is 0 Å². The zero-order valence-electron chi connectivity index (χ0n) is 15.0. The van der Waals surface area contributed by atoms with Crippen LogP contribution in [0.25, 0.3) is 0 Å². The number of ether oxygens (including phenoxy) is 1. The third-order valence-electron chi connectivity index (χ3n) is 3.21. The summed E-state index contributed by atoms with van der Waals surface area (Å²) in [5, 5.41) is 14.5. The van der Waals surface area contributed by atoms with Crippen molar-refractivity contribution in [2.24, 2.45) is 0 Å². The van der Waals surface area contributed by atoms with E-state index in [9.17, 15) is 14.7 Å². The number of hydrogen-bond acceptors (Lipinski definition) is 6. The average Bonchev–Trinajstić information content (AvgIpc) is 2.57. The number of carbonyl (C=O) groups is 2. The minimum Gasteiger partial charge on any atom is -0.467 e. The third kappa shape index (κ3) is 7.08. The maximum Gasteiger partial charge on any atom is 0.331 e. The van der Waals surface area contributed by atoms with Crippen molar-refractivity contribution in [3.05, 3.63) is 29.3 Å². The highest BCUT2D eigenvalue weighted by Crippen LogP contribution is 2.17. The molecule has 1 rings (SSSR count). The Balaban J connectivity index is 2.76. The highest BCUT2D eigenvalue weighted by Gasteiger charge is 2.30. The molecule has 0 radical (unpaired) electrons. The number of anilines is 1. The van der Waals surface area contributed by atoms with Crippen molar-refractivity contribution in [1.82, 2.24) is 5.32 Å². The van der Waals surface area contributed by atoms with E-state index in [4.69, 9.17) is 9.78 Å². The Bertz CT molecular complexity index is 589. The summed E-state index contributed by atoms with van der Waals surface area (Å²) in [4.78, 5) is 33.8. The van der Waals surface area contributed by atoms with Gasteiger partial charge in [-0.25, -0.2) is 19.4 Å². The van der Waals surface area contributed by atoms with Gasteiger partial charge in [-0.15, -0.1) is 0 Å². The second-order valence-corrected chi connectivity index (χ2v) is 5.98. The van der Waals surface area contributed by atoms with Crippen LogP contribution in [-0.2, 0) is 32.5 Å². The fraction of sp³-hybridized carbons (Fsp3) is 0.529. The van der Waals surface area contributed by atoms with Gasteiger partial charge < -0.3 is 20.5 Å². The lowest BCUT2D eigenvalue weighted by Gasteiger charge is -2.23. The average molecular weight is 354 g/mol. The third-order valence-corrected chi connectivity index (χ3v) is 3.21. The molecule has 0 heterocycles. The Morgan fingerprint density at radius 1 is 1.16 bits per heavy atom. The van der Waals surface area contributed by atoms with Crippen molar-refractivity contribution in [3.8, 4) is 0 Å². The molecule has 3 N–H and O–H groups in total. The van der Waals surface area contributed by atoms with E-state index in [1.165, 1.54) is 21.0 Å². The lowest BCUT2D eigenvalue weighted by Crippen LogP contribution is -2.51. The molecule has 1 aromatic carbocycles. The van der Waals surface area contributed by atoms with E-state index in [0.29, 0.717) is 17.9 Å². The predicted octanol–water partition coefficient (Wildman–Crippen LogP) is 2.11. The van der Waals surface area contributed by atoms with Gasteiger partial charge >= 0.3 is 12.0 Å². The molecule has 25 heavy (non-hydrogen) atoms. The van der Waals surface area contributed by atoms with Crippen LogP contribution >= 0.6 is 0 Å². The molecule has 140 valence electrons. The smallest absolute Gasteiger partial charge is 0.331 e. The maximum atomic E-state index is 12.1. The number of aliphatic hydroxyl groups is 1. The summed E-state index contributed by atoms with van der Waals surface area (Å²) in [6.07, 6.45) is 0.833. The van der Waals surface area contributed by atoms with Crippen LogP contribution in [-0.4, -0.2) is 36.4 Å². The number of benzene rings is 1. The van der Waals surface area contributed by atoms with E-state index in [1.807, 2.05) is 6.92 Å². The minimum atomic E-state index is -1.17. The summed E-state index contributed by atoms with van der Waals surface area (Å²) in [7, 11) is 1.25. The number of nitrogens with one attached hydrogen (secondary N) is 2. The second-order valence-electron chi connectivity index (χ2n) is 5.98. The first-order valence-corrected chi connectivity index (χ1v) is 7.98. The standard InChI is InChI=1S/C17H26N2O6/c1-5-6-24-25-11-13-7-12(10-20)8-14(9-13)18-16(22)19-17(2,3)15(21)23-4/h7-9,20H,5-6,10-11H2,1-4H3,(H2,18,19,22). The number of aliphatic hydroxyl groups excluding tert-OH is 1. The van der Waals surface area contributed by atoms with Gasteiger partial charge in [-0.3, -0.25) is 0 Å². The molecule has 0 aliphatic heterocycles. The lowest BCUT2D eigenvalue weighted by molar-refractivity contribution is -0.303. The number of methoxy groups -OCH3 is 1. The molecule has 0 aliphatic rings. The zero-order valence-corrected chi connectivity index (χ0v) is 15.0. The summed E-state index contributed by atoms with van der Waals surface area (Å²) < 4.78 is 4.64. The molecule has 0 aromatic heterocycles. The van der Waals surface area contributed by atoms with E-state index >= 15 is 0 Å². The summed E-state index contributed by atoms with van der Waals surface area (Å²) in [5.41, 5.74) is 0.621. The molecule has 0 saturated heterocycles. The van der Waals surface area contributed by atoms with Crippen LogP contribution in [0.4, 0.5) is 10.5 Å². The predicted molar refractivity (Wildman–Crippen MR) is 91.6 cm³/mol. The Morgan fingerprint density at radius 3 is 2.44 bits per heavy atom. The minimum absolute atomic E-state index is 0.178. The van der Waals surface area contributed by atoms with Gasteiger partial charge in [-0.05, 0) is 43.5 Å². The van der Waals surface area contributed by atoms with Crippen LogP contribution in [0.1, 0.15) is 38.3 Å². The molecular weight excluding hydrogens is 328 g/mol. The number of rotatable bonds is 9. The topological polar surface area (TPSA) is 106 Å². The summed E-state index contributed by atoms with van der Waals surface area (Å²) in [6.45, 7) is 5.51. The van der Waals surface area contributed by atoms with Crippen molar-refractivity contribution in [2.75, 3.05) is 19.0 Å². The molecule has 0 saturated carbocycles. The van der Waals surface area contributed by atoms with Gasteiger partial charge in [0.2, 0.25) is 0 Å². The SMILES string of the molecule is CCCOOCc1cc(CO)cc(NC(=O)NC(C)(C)C(=O)OC)c1. The Kier molecular flexibility index (Phi) is 8.33. The molecule has 2 amide bonds. The van der Waals surface area contributed by atoms with Gasteiger partial charge in [0.1, 0.15) is 12.1 Å². The normalized spacial score (nSPS) is 11.1. The number of esters is 1. The lowest BCUT2D eigenvalue weighted by atomic mass is 10.1. The second kappa shape index (κ2) is 9.97. The molecule has 1 aromatic rings. The zero-order chi connectivity index (χ0) is 18.9. The molecule has 8 nitrogen and oxygen atoms in total. The molecule has 0 bridgehead atoms. The fourth-order valence-electron chi connectivity index (χ4n) is 2.01. The van der Waals surface area contributed by atoms with Gasteiger partial charge in [0.15, 0.2) is 0 Å². The molecule has 0 fully saturated rings. The number of hydrogen-bond donors (Lipinski definition) is 3. The van der Waals surface area contributed by atoms with Crippen molar-refractivity contribution in [1.29, 1.82) is 0 Å². The van der Waals surface area contributed by atoms with E-state index in [0.717, 1.165) is 12.0 Å². The fourth-order valence-corrected chi connectivity index (χ4v) is 2.01. The van der Waals surface area contributed by atoms with Crippen molar-refractivity contribution >= 4 is 17.7 Å². The van der Waals surface area contributed by atoms with Crippen molar-refractivity contribution < 1.29 is 29.2 Å². The van der Waals surface area contributed by atoms with Gasteiger partial charge in [0.05, 0.1) is 20.3 Å². The van der Waals surface area contributed by atoms with E-state index in [2.05, 4.69) is 15.4 Å². The number of urea groups is 1. The molecular formula is C17H26N2O6. The van der Waals surface area contributed by atoms with E-state index < -0.39 is 17.5 Å². The number of carbonyl (C=O) groups excluding carboxylic acids is 2. The first-order chi connectivity index (χ1) is 11.8. The van der Waals surface area contributed by atoms with Crippen LogP contribution in [0.5, 0.6) is 0 Å². The Hall–Kier alpha value is -2.16. The Labute approximate surface area is 147 Å². The first kappa shape index (κ1) is 20.9. The molecule has 8 heteroatoms. The highest BCUT2D eigenvalue weighted by atomic mass is 17.2. The van der Waals surface area contributed by atoms with Gasteiger partial charge in [0, 0.05) is 5.69 Å². The largest absolute Gasteiger partial charge is 0.467 e. The van der Waals surface area contributed by atoms with Crippen LogP contribution < -0.4 is 10.6 Å². The van der Waals surface area contributed by atoms with Gasteiger partial charge in [-0.1, -0.05) is 13.0 Å². The molecule has 0 spiro atoms. The molecule has 0 aliphatic carbocycles. The van der Waals surface area contributed by atoms with Crippen LogP contribution in [0.2, 0.25) is 0 Å². The first-order valence-electron chi connectivity index (χ1n) is 7.98. The van der Waals surface area contributed by atoms with Crippen LogP contribution in [0.3, 0.4) is 0 Å². The molecule has 0 unspecified atom stereocenters. The number of amides is 2. The van der Waals surface area contributed by atoms with Crippen molar-refractivity contribution in [2.45, 2.75) is 45.9 Å². The van der Waals surface area contributed by atoms with Gasteiger partial charge in [0.25, 0.3) is 0 Å². The van der Waals surface area contributed by atoms with E-state index in [1.54, 1.807) is 18.2 Å². The monoisotopic (exact) mass is 354 g/mol. The highest BCUT2D eigenvalue weighted by molar-refractivity contribution is 5.94. The summed E-state index contributed by atoms with van der Waals surface area (Å²) in [5.74, 6) is -0.561.